The maximum atomic E-state index is 11.4. The molecule has 4 nitrogen and oxygen atoms in total. The summed E-state index contributed by atoms with van der Waals surface area (Å²) in [5.74, 6) is -0.170. The topological polar surface area (TPSA) is 32.8 Å². The molecular formula is C16H24N2O2. The van der Waals surface area contributed by atoms with Crippen molar-refractivity contribution in [2.45, 2.75) is 13.8 Å². The second-order valence-corrected chi connectivity index (χ2v) is 5.55. The third kappa shape index (κ3) is 3.73. The molecule has 20 heavy (non-hydrogen) atoms. The van der Waals surface area contributed by atoms with Crippen LogP contribution in [0, 0.1) is 12.8 Å². The Kier molecular flexibility index (Phi) is 5.01. The summed E-state index contributed by atoms with van der Waals surface area (Å²) in [5, 5.41) is 0. The van der Waals surface area contributed by atoms with Crippen molar-refractivity contribution in [3.05, 3.63) is 29.8 Å². The molecular weight excluding hydrogens is 252 g/mol. The van der Waals surface area contributed by atoms with Gasteiger partial charge in [0.05, 0.1) is 13.0 Å². The molecule has 1 atom stereocenters. The smallest absolute Gasteiger partial charge is 0.309 e. The number of aryl methyl sites for hydroxylation is 1. The van der Waals surface area contributed by atoms with Gasteiger partial charge in [0.2, 0.25) is 0 Å². The minimum atomic E-state index is -0.119. The fourth-order valence-corrected chi connectivity index (χ4v) is 2.68. The van der Waals surface area contributed by atoms with Crippen molar-refractivity contribution in [3.8, 4) is 0 Å². The van der Waals surface area contributed by atoms with Gasteiger partial charge in [0.15, 0.2) is 0 Å². The molecule has 110 valence electrons. The maximum absolute atomic E-state index is 11.4. The number of hydrogen-bond donors (Lipinski definition) is 0. The zero-order chi connectivity index (χ0) is 14.5. The summed E-state index contributed by atoms with van der Waals surface area (Å²) < 4.78 is 4.78. The molecule has 1 aliphatic rings. The van der Waals surface area contributed by atoms with Crippen LogP contribution in [0.2, 0.25) is 0 Å². The zero-order valence-corrected chi connectivity index (χ0v) is 12.6. The van der Waals surface area contributed by atoms with Gasteiger partial charge in [0.25, 0.3) is 0 Å². The lowest BCUT2D eigenvalue weighted by Crippen LogP contribution is -2.48. The molecule has 0 spiro atoms. The summed E-state index contributed by atoms with van der Waals surface area (Å²) in [6.45, 7) is 8.85. The third-order valence-corrected chi connectivity index (χ3v) is 3.87. The minimum Gasteiger partial charge on any atom is -0.469 e. The fraction of sp³-hybridized carbons (Fsp3) is 0.562. The highest BCUT2D eigenvalue weighted by Crippen LogP contribution is 2.18. The molecule has 1 saturated heterocycles. The number of hydrogen-bond acceptors (Lipinski definition) is 4. The molecule has 1 aliphatic heterocycles. The highest BCUT2D eigenvalue weighted by Gasteiger charge is 2.22. The van der Waals surface area contributed by atoms with E-state index in [9.17, 15) is 4.79 Å². The van der Waals surface area contributed by atoms with Gasteiger partial charge < -0.3 is 9.64 Å². The third-order valence-electron chi connectivity index (χ3n) is 3.87. The van der Waals surface area contributed by atoms with Crippen molar-refractivity contribution in [3.63, 3.8) is 0 Å². The monoisotopic (exact) mass is 276 g/mol. The van der Waals surface area contributed by atoms with Gasteiger partial charge in [-0.15, -0.1) is 0 Å². The first kappa shape index (κ1) is 14.9. The van der Waals surface area contributed by atoms with Crippen LogP contribution >= 0.6 is 0 Å². The van der Waals surface area contributed by atoms with E-state index in [0.717, 1.165) is 32.7 Å². The Morgan fingerprint density at radius 2 is 2.00 bits per heavy atom. The van der Waals surface area contributed by atoms with Crippen molar-refractivity contribution in [2.75, 3.05) is 44.7 Å². The van der Waals surface area contributed by atoms with Crippen LogP contribution in [-0.4, -0.2) is 50.7 Å². The van der Waals surface area contributed by atoms with Crippen LogP contribution in [0.1, 0.15) is 12.5 Å². The van der Waals surface area contributed by atoms with Crippen LogP contribution in [0.15, 0.2) is 24.3 Å². The molecule has 0 aliphatic carbocycles. The maximum Gasteiger partial charge on any atom is 0.309 e. The highest BCUT2D eigenvalue weighted by molar-refractivity contribution is 5.72. The van der Waals surface area contributed by atoms with Crippen molar-refractivity contribution in [1.82, 2.24) is 4.90 Å². The number of rotatable bonds is 4. The molecule has 0 radical (unpaired) electrons. The fourth-order valence-electron chi connectivity index (χ4n) is 2.68. The Hall–Kier alpha value is -1.55. The van der Waals surface area contributed by atoms with Crippen molar-refractivity contribution >= 4 is 11.7 Å². The van der Waals surface area contributed by atoms with Crippen molar-refractivity contribution < 1.29 is 9.53 Å². The lowest BCUT2D eigenvalue weighted by atomic mass is 10.1. The number of nitrogens with zero attached hydrogens (tertiary/aromatic N) is 2. The second kappa shape index (κ2) is 6.75. The quantitative estimate of drug-likeness (QED) is 0.787. The number of ether oxygens (including phenoxy) is 1. The first-order valence-corrected chi connectivity index (χ1v) is 7.22. The Morgan fingerprint density at radius 3 is 2.60 bits per heavy atom. The standard InChI is InChI=1S/C16H24N2O2/c1-13-5-4-6-15(11-13)18-9-7-17(8-10-18)12-14(2)16(19)20-3/h4-6,11,14H,7-10,12H2,1-3H3. The van der Waals surface area contributed by atoms with Crippen LogP contribution in [0.25, 0.3) is 0 Å². The van der Waals surface area contributed by atoms with E-state index in [4.69, 9.17) is 4.74 Å². The number of methoxy groups -OCH3 is 1. The summed E-state index contributed by atoms with van der Waals surface area (Å²) in [4.78, 5) is 16.2. The molecule has 4 heteroatoms. The number of piperazine rings is 1. The van der Waals surface area contributed by atoms with E-state index in [1.54, 1.807) is 0 Å². The summed E-state index contributed by atoms with van der Waals surface area (Å²) in [6.07, 6.45) is 0. The largest absolute Gasteiger partial charge is 0.469 e. The van der Waals surface area contributed by atoms with E-state index in [0.29, 0.717) is 0 Å². The first-order valence-electron chi connectivity index (χ1n) is 7.22. The van der Waals surface area contributed by atoms with Crippen molar-refractivity contribution in [1.29, 1.82) is 0 Å². The molecule has 1 aromatic rings. The second-order valence-electron chi connectivity index (χ2n) is 5.55. The number of carbonyl (C=O) groups is 1. The molecule has 0 aromatic heterocycles. The average Bonchev–Trinajstić information content (AvgIpc) is 2.47. The highest BCUT2D eigenvalue weighted by atomic mass is 16.5. The molecule has 0 saturated carbocycles. The van der Waals surface area contributed by atoms with Crippen LogP contribution in [0.4, 0.5) is 5.69 Å². The summed E-state index contributed by atoms with van der Waals surface area (Å²) in [5.41, 5.74) is 2.59. The summed E-state index contributed by atoms with van der Waals surface area (Å²) >= 11 is 0. The summed E-state index contributed by atoms with van der Waals surface area (Å²) in [7, 11) is 1.45. The van der Waals surface area contributed by atoms with Crippen LogP contribution in [0.3, 0.4) is 0 Å². The van der Waals surface area contributed by atoms with E-state index < -0.39 is 0 Å². The van der Waals surface area contributed by atoms with E-state index >= 15 is 0 Å². The number of benzene rings is 1. The van der Waals surface area contributed by atoms with Crippen molar-refractivity contribution in [2.24, 2.45) is 5.92 Å². The van der Waals surface area contributed by atoms with Gasteiger partial charge in [0, 0.05) is 38.4 Å². The Bertz CT molecular complexity index is 454. The van der Waals surface area contributed by atoms with Crippen LogP contribution in [0.5, 0.6) is 0 Å². The van der Waals surface area contributed by atoms with Crippen LogP contribution < -0.4 is 4.90 Å². The zero-order valence-electron chi connectivity index (χ0n) is 12.6. The van der Waals surface area contributed by atoms with Gasteiger partial charge in [-0.25, -0.2) is 0 Å². The molecule has 0 amide bonds. The average molecular weight is 276 g/mol. The van der Waals surface area contributed by atoms with Gasteiger partial charge in [0.1, 0.15) is 0 Å². The van der Waals surface area contributed by atoms with Gasteiger partial charge >= 0.3 is 5.97 Å². The number of esters is 1. The Morgan fingerprint density at radius 1 is 1.30 bits per heavy atom. The normalized spacial score (nSPS) is 17.9. The van der Waals surface area contributed by atoms with Gasteiger partial charge in [-0.3, -0.25) is 9.69 Å². The Balaban J connectivity index is 1.85. The van der Waals surface area contributed by atoms with Crippen LogP contribution in [-0.2, 0) is 9.53 Å². The molecule has 0 N–H and O–H groups in total. The molecule has 1 heterocycles. The molecule has 1 aromatic carbocycles. The molecule has 0 bridgehead atoms. The van der Waals surface area contributed by atoms with E-state index in [2.05, 4.69) is 41.0 Å². The summed E-state index contributed by atoms with van der Waals surface area (Å²) in [6, 6.07) is 8.63. The Labute approximate surface area is 121 Å². The van der Waals surface area contributed by atoms with Gasteiger partial charge in [-0.2, -0.15) is 0 Å². The molecule has 1 unspecified atom stereocenters. The molecule has 1 fully saturated rings. The van der Waals surface area contributed by atoms with Gasteiger partial charge in [-0.1, -0.05) is 19.1 Å². The van der Waals surface area contributed by atoms with E-state index in [1.165, 1.54) is 18.4 Å². The predicted octanol–water partition coefficient (Wildman–Crippen LogP) is 1.93. The van der Waals surface area contributed by atoms with E-state index in [-0.39, 0.29) is 11.9 Å². The lowest BCUT2D eigenvalue weighted by Gasteiger charge is -2.37. The van der Waals surface area contributed by atoms with E-state index in [1.807, 2.05) is 6.92 Å². The predicted molar refractivity (Wildman–Crippen MR) is 81.0 cm³/mol. The minimum absolute atomic E-state index is 0.0504. The number of carbonyl (C=O) groups excluding carboxylic acids is 1. The number of anilines is 1. The molecule has 2 rings (SSSR count). The SMILES string of the molecule is COC(=O)C(C)CN1CCN(c2cccc(C)c2)CC1. The first-order chi connectivity index (χ1) is 9.60. The van der Waals surface area contributed by atoms with Gasteiger partial charge in [-0.05, 0) is 24.6 Å². The lowest BCUT2D eigenvalue weighted by molar-refractivity contribution is -0.145.